The lowest BCUT2D eigenvalue weighted by Crippen LogP contribution is -2.08. The number of rotatable bonds is 3. The number of halogens is 2. The number of aromatic nitrogens is 4. The van der Waals surface area contributed by atoms with Gasteiger partial charge < -0.3 is 4.74 Å². The van der Waals surface area contributed by atoms with Gasteiger partial charge in [-0.25, -0.2) is 14.5 Å². The van der Waals surface area contributed by atoms with Crippen molar-refractivity contribution in [2.75, 3.05) is 0 Å². The van der Waals surface area contributed by atoms with E-state index in [0.29, 0.717) is 11.7 Å². The molecule has 0 N–H and O–H groups in total. The Kier molecular flexibility index (Phi) is 3.82. The average molecular weight is 386 g/mol. The van der Waals surface area contributed by atoms with Crippen LogP contribution >= 0.6 is 11.3 Å². The fourth-order valence-corrected chi connectivity index (χ4v) is 4.99. The van der Waals surface area contributed by atoms with Crippen molar-refractivity contribution in [2.45, 2.75) is 32.8 Å². The third kappa shape index (κ3) is 2.84. The average Bonchev–Trinajstić information content (AvgIpc) is 3.21. The smallest absolute Gasteiger partial charge is 0.387 e. The molecule has 0 saturated heterocycles. The van der Waals surface area contributed by atoms with E-state index in [1.807, 2.05) is 0 Å². The summed E-state index contributed by atoms with van der Waals surface area (Å²) in [5.41, 5.74) is 2.90. The third-order valence-corrected chi connectivity index (χ3v) is 6.13. The van der Waals surface area contributed by atoms with Gasteiger partial charge in [0, 0.05) is 10.4 Å². The van der Waals surface area contributed by atoms with Gasteiger partial charge in [0.05, 0.1) is 5.39 Å². The van der Waals surface area contributed by atoms with Gasteiger partial charge in [0.1, 0.15) is 16.9 Å². The Morgan fingerprint density at radius 3 is 2.85 bits per heavy atom. The highest BCUT2D eigenvalue weighted by Gasteiger charge is 2.23. The molecule has 1 aromatic carbocycles. The monoisotopic (exact) mass is 386 g/mol. The molecular weight excluding hydrogens is 370 g/mol. The molecule has 0 aliphatic heterocycles. The lowest BCUT2D eigenvalue weighted by Gasteiger charge is -2.17. The standard InChI is InChI=1S/C19H16F2N4OS/c1-10-2-7-13-14(8-10)27-18-15(13)17-23-16(24-25(17)9-22-18)11-3-5-12(6-4-11)26-19(20)21/h3-6,9-10,19H,2,7-8H2,1H3. The summed E-state index contributed by atoms with van der Waals surface area (Å²) in [5.74, 6) is 1.35. The summed E-state index contributed by atoms with van der Waals surface area (Å²) in [5, 5.41) is 5.62. The highest BCUT2D eigenvalue weighted by atomic mass is 32.1. The van der Waals surface area contributed by atoms with Crippen LogP contribution in [0.5, 0.6) is 5.75 Å². The molecule has 0 radical (unpaired) electrons. The molecule has 1 unspecified atom stereocenters. The summed E-state index contributed by atoms with van der Waals surface area (Å²) in [6.07, 6.45) is 5.00. The van der Waals surface area contributed by atoms with Gasteiger partial charge >= 0.3 is 6.61 Å². The van der Waals surface area contributed by atoms with Gasteiger partial charge in [-0.2, -0.15) is 8.78 Å². The topological polar surface area (TPSA) is 52.3 Å². The Morgan fingerprint density at radius 2 is 2.07 bits per heavy atom. The summed E-state index contributed by atoms with van der Waals surface area (Å²) in [4.78, 5) is 11.7. The molecule has 1 aliphatic carbocycles. The largest absolute Gasteiger partial charge is 0.435 e. The van der Waals surface area contributed by atoms with Crippen molar-refractivity contribution in [1.29, 1.82) is 0 Å². The van der Waals surface area contributed by atoms with E-state index in [1.165, 1.54) is 29.0 Å². The summed E-state index contributed by atoms with van der Waals surface area (Å²) >= 11 is 1.75. The Balaban J connectivity index is 1.60. The molecule has 5 nitrogen and oxygen atoms in total. The second-order valence-electron chi connectivity index (χ2n) is 6.88. The molecule has 0 amide bonds. The fourth-order valence-electron chi connectivity index (χ4n) is 3.65. The highest BCUT2D eigenvalue weighted by molar-refractivity contribution is 7.19. The number of aryl methyl sites for hydroxylation is 1. The van der Waals surface area contributed by atoms with Crippen LogP contribution in [0, 0.1) is 5.92 Å². The minimum atomic E-state index is -2.84. The van der Waals surface area contributed by atoms with Gasteiger partial charge in [-0.15, -0.1) is 16.4 Å². The van der Waals surface area contributed by atoms with Crippen molar-refractivity contribution in [2.24, 2.45) is 5.92 Å². The predicted molar refractivity (Wildman–Crippen MR) is 99.4 cm³/mol. The van der Waals surface area contributed by atoms with Gasteiger partial charge in [-0.3, -0.25) is 0 Å². The van der Waals surface area contributed by atoms with E-state index in [4.69, 9.17) is 4.98 Å². The van der Waals surface area contributed by atoms with Crippen molar-refractivity contribution in [1.82, 2.24) is 19.6 Å². The molecule has 0 spiro atoms. The molecule has 3 heterocycles. The molecule has 3 aromatic heterocycles. The minimum absolute atomic E-state index is 0.114. The molecular formula is C19H16F2N4OS. The van der Waals surface area contributed by atoms with Crippen molar-refractivity contribution < 1.29 is 13.5 Å². The van der Waals surface area contributed by atoms with E-state index in [9.17, 15) is 8.78 Å². The van der Waals surface area contributed by atoms with E-state index < -0.39 is 6.61 Å². The number of ether oxygens (including phenoxy) is 1. The number of benzene rings is 1. The third-order valence-electron chi connectivity index (χ3n) is 4.97. The van der Waals surface area contributed by atoms with Crippen LogP contribution in [-0.4, -0.2) is 26.2 Å². The maximum atomic E-state index is 12.3. The lowest BCUT2D eigenvalue weighted by molar-refractivity contribution is -0.0498. The van der Waals surface area contributed by atoms with Crippen LogP contribution in [0.25, 0.3) is 27.3 Å². The van der Waals surface area contributed by atoms with Gasteiger partial charge in [-0.05, 0) is 55.0 Å². The molecule has 0 fully saturated rings. The Morgan fingerprint density at radius 1 is 1.26 bits per heavy atom. The number of nitrogens with zero attached hydrogens (tertiary/aromatic N) is 4. The minimum Gasteiger partial charge on any atom is -0.435 e. The van der Waals surface area contributed by atoms with Crippen LogP contribution in [0.1, 0.15) is 23.8 Å². The molecule has 4 aromatic rings. The second kappa shape index (κ2) is 6.23. The molecule has 0 bridgehead atoms. The van der Waals surface area contributed by atoms with E-state index >= 15 is 0 Å². The second-order valence-corrected chi connectivity index (χ2v) is 7.97. The molecule has 8 heteroatoms. The number of alkyl halides is 2. The first kappa shape index (κ1) is 16.6. The first-order valence-electron chi connectivity index (χ1n) is 8.79. The Bertz CT molecular complexity index is 1140. The molecule has 27 heavy (non-hydrogen) atoms. The molecule has 1 atom stereocenters. The van der Waals surface area contributed by atoms with Crippen LogP contribution in [0.3, 0.4) is 0 Å². The van der Waals surface area contributed by atoms with Crippen LogP contribution in [0.2, 0.25) is 0 Å². The van der Waals surface area contributed by atoms with E-state index in [0.717, 1.165) is 34.3 Å². The lowest BCUT2D eigenvalue weighted by atomic mass is 9.89. The maximum absolute atomic E-state index is 12.3. The van der Waals surface area contributed by atoms with Gasteiger partial charge in [0.25, 0.3) is 0 Å². The SMILES string of the molecule is CC1CCc2c(sc3ncn4nc(-c5ccc(OC(F)F)cc5)nc4c23)C1. The number of hydrogen-bond acceptors (Lipinski definition) is 5. The number of thiophene rings is 1. The Labute approximate surface area is 157 Å². The summed E-state index contributed by atoms with van der Waals surface area (Å²) in [6.45, 7) is -0.552. The van der Waals surface area contributed by atoms with Gasteiger partial charge in [-0.1, -0.05) is 6.92 Å². The molecule has 138 valence electrons. The first-order valence-corrected chi connectivity index (χ1v) is 9.61. The van der Waals surface area contributed by atoms with Crippen LogP contribution < -0.4 is 4.74 Å². The summed E-state index contributed by atoms with van der Waals surface area (Å²) < 4.78 is 30.7. The van der Waals surface area contributed by atoms with Gasteiger partial charge in [0.15, 0.2) is 11.5 Å². The quantitative estimate of drug-likeness (QED) is 0.511. The van der Waals surface area contributed by atoms with Crippen molar-refractivity contribution in [3.05, 3.63) is 41.0 Å². The normalized spacial score (nSPS) is 17.0. The van der Waals surface area contributed by atoms with Crippen LogP contribution in [0.4, 0.5) is 8.78 Å². The summed E-state index contributed by atoms with van der Waals surface area (Å²) in [6, 6.07) is 6.35. The van der Waals surface area contributed by atoms with E-state index in [-0.39, 0.29) is 5.75 Å². The Hall–Kier alpha value is -2.61. The van der Waals surface area contributed by atoms with Crippen LogP contribution in [0.15, 0.2) is 30.6 Å². The predicted octanol–water partition coefficient (Wildman–Crippen LogP) is 4.73. The first-order chi connectivity index (χ1) is 13.1. The maximum Gasteiger partial charge on any atom is 0.387 e. The number of fused-ring (bicyclic) bond motifs is 5. The zero-order valence-corrected chi connectivity index (χ0v) is 15.3. The molecule has 1 aliphatic rings. The van der Waals surface area contributed by atoms with Crippen molar-refractivity contribution in [3.8, 4) is 17.1 Å². The van der Waals surface area contributed by atoms with Crippen molar-refractivity contribution in [3.63, 3.8) is 0 Å². The molecule has 0 saturated carbocycles. The fraction of sp³-hybridized carbons (Fsp3) is 0.316. The van der Waals surface area contributed by atoms with Gasteiger partial charge in [0.2, 0.25) is 0 Å². The molecule has 5 rings (SSSR count). The van der Waals surface area contributed by atoms with E-state index in [2.05, 4.69) is 21.7 Å². The zero-order chi connectivity index (χ0) is 18.5. The summed E-state index contributed by atoms with van der Waals surface area (Å²) in [7, 11) is 0. The number of hydrogen-bond donors (Lipinski definition) is 0. The van der Waals surface area contributed by atoms with Crippen LogP contribution in [-0.2, 0) is 12.8 Å². The highest BCUT2D eigenvalue weighted by Crippen LogP contribution is 2.38. The van der Waals surface area contributed by atoms with E-state index in [1.54, 1.807) is 34.3 Å². The van der Waals surface area contributed by atoms with Crippen molar-refractivity contribution >= 4 is 27.2 Å². The zero-order valence-electron chi connectivity index (χ0n) is 14.5.